The first-order valence-corrected chi connectivity index (χ1v) is 8.19. The molecule has 0 aromatic heterocycles. The SMILES string of the molecule is CS(=O)c1ccccc1C(=O)ON1C(=O)c2ccccc2C1=O. The summed E-state index contributed by atoms with van der Waals surface area (Å²) in [6.07, 6.45) is 1.42. The highest BCUT2D eigenvalue weighted by atomic mass is 32.2. The Morgan fingerprint density at radius 1 is 0.957 bits per heavy atom. The van der Waals surface area contributed by atoms with Gasteiger partial charge in [0.25, 0.3) is 11.8 Å². The third kappa shape index (κ3) is 2.55. The maximum atomic E-state index is 12.3. The number of carbonyl (C=O) groups excluding carboxylic acids is 3. The highest BCUT2D eigenvalue weighted by Gasteiger charge is 2.39. The van der Waals surface area contributed by atoms with Crippen LogP contribution in [0, 0.1) is 0 Å². The lowest BCUT2D eigenvalue weighted by molar-refractivity contribution is -0.0587. The minimum absolute atomic E-state index is 0.0462. The number of imide groups is 1. The van der Waals surface area contributed by atoms with Crippen molar-refractivity contribution in [3.63, 3.8) is 0 Å². The van der Waals surface area contributed by atoms with Crippen molar-refractivity contribution in [2.75, 3.05) is 6.26 Å². The highest BCUT2D eigenvalue weighted by molar-refractivity contribution is 7.84. The van der Waals surface area contributed by atoms with E-state index in [-0.39, 0.29) is 21.6 Å². The maximum Gasteiger partial charge on any atom is 0.365 e. The van der Waals surface area contributed by atoms with Crippen LogP contribution < -0.4 is 0 Å². The number of carbonyl (C=O) groups is 3. The summed E-state index contributed by atoms with van der Waals surface area (Å²) in [5.41, 5.74) is 0.403. The number of hydroxylamine groups is 2. The number of amides is 2. The average molecular weight is 329 g/mol. The van der Waals surface area contributed by atoms with Crippen molar-refractivity contribution in [2.24, 2.45) is 0 Å². The van der Waals surface area contributed by atoms with E-state index in [0.29, 0.717) is 5.06 Å². The summed E-state index contributed by atoms with van der Waals surface area (Å²) < 4.78 is 11.7. The number of nitrogens with zero attached hydrogens (tertiary/aromatic N) is 1. The number of rotatable bonds is 3. The van der Waals surface area contributed by atoms with Crippen molar-refractivity contribution < 1.29 is 23.4 Å². The Morgan fingerprint density at radius 2 is 1.48 bits per heavy atom. The van der Waals surface area contributed by atoms with Crippen molar-refractivity contribution in [1.29, 1.82) is 0 Å². The molecular weight excluding hydrogens is 318 g/mol. The van der Waals surface area contributed by atoms with Crippen LogP contribution in [0.3, 0.4) is 0 Å². The normalized spacial score (nSPS) is 14.6. The first-order chi connectivity index (χ1) is 11.0. The second kappa shape index (κ2) is 5.77. The molecule has 0 spiro atoms. The van der Waals surface area contributed by atoms with Gasteiger partial charge < -0.3 is 4.84 Å². The van der Waals surface area contributed by atoms with Gasteiger partial charge in [-0.2, -0.15) is 0 Å². The summed E-state index contributed by atoms with van der Waals surface area (Å²) in [6, 6.07) is 12.4. The lowest BCUT2D eigenvalue weighted by Gasteiger charge is -2.13. The zero-order chi connectivity index (χ0) is 16.6. The number of hydrogen-bond donors (Lipinski definition) is 0. The zero-order valence-electron chi connectivity index (χ0n) is 12.0. The second-order valence-corrected chi connectivity index (χ2v) is 6.13. The fraction of sp³-hybridized carbons (Fsp3) is 0.0625. The highest BCUT2D eigenvalue weighted by Crippen LogP contribution is 2.24. The topological polar surface area (TPSA) is 80.8 Å². The summed E-state index contributed by atoms with van der Waals surface area (Å²) in [7, 11) is -1.41. The summed E-state index contributed by atoms with van der Waals surface area (Å²) in [4.78, 5) is 41.8. The molecule has 0 saturated heterocycles. The summed E-state index contributed by atoms with van der Waals surface area (Å²) in [6.45, 7) is 0. The molecule has 1 aliphatic rings. The molecule has 0 aliphatic carbocycles. The molecule has 1 atom stereocenters. The van der Waals surface area contributed by atoms with E-state index in [9.17, 15) is 18.6 Å². The second-order valence-electron chi connectivity index (χ2n) is 4.78. The minimum atomic E-state index is -1.41. The molecule has 1 aliphatic heterocycles. The van der Waals surface area contributed by atoms with E-state index in [1.807, 2.05) is 0 Å². The molecule has 0 bridgehead atoms. The van der Waals surface area contributed by atoms with Gasteiger partial charge in [-0.25, -0.2) is 4.79 Å². The van der Waals surface area contributed by atoms with Gasteiger partial charge in [0, 0.05) is 6.26 Å². The minimum Gasteiger partial charge on any atom is -0.324 e. The molecule has 0 radical (unpaired) electrons. The van der Waals surface area contributed by atoms with Crippen molar-refractivity contribution >= 4 is 28.6 Å². The average Bonchev–Trinajstić information content (AvgIpc) is 2.80. The maximum absolute atomic E-state index is 12.3. The smallest absolute Gasteiger partial charge is 0.324 e. The van der Waals surface area contributed by atoms with Crippen LogP contribution in [0.1, 0.15) is 31.1 Å². The Hall–Kier alpha value is -2.80. The quantitative estimate of drug-likeness (QED) is 0.802. The molecular formula is C16H11NO5S. The summed E-state index contributed by atoms with van der Waals surface area (Å²) in [5, 5.41) is 0.433. The third-order valence-corrected chi connectivity index (χ3v) is 4.32. The molecule has 116 valence electrons. The Kier molecular flexibility index (Phi) is 3.79. The molecule has 0 fully saturated rings. The van der Waals surface area contributed by atoms with Crippen molar-refractivity contribution in [3.05, 3.63) is 65.2 Å². The summed E-state index contributed by atoms with van der Waals surface area (Å²) >= 11 is 0. The van der Waals surface area contributed by atoms with Crippen LogP contribution in [0.25, 0.3) is 0 Å². The van der Waals surface area contributed by atoms with Crippen molar-refractivity contribution in [2.45, 2.75) is 4.90 Å². The zero-order valence-corrected chi connectivity index (χ0v) is 12.8. The third-order valence-electron chi connectivity index (χ3n) is 3.35. The Balaban J connectivity index is 1.90. The van der Waals surface area contributed by atoms with E-state index in [0.717, 1.165) is 0 Å². The molecule has 6 nitrogen and oxygen atoms in total. The predicted octanol–water partition coefficient (Wildman–Crippen LogP) is 1.79. The van der Waals surface area contributed by atoms with E-state index in [1.165, 1.54) is 30.5 Å². The van der Waals surface area contributed by atoms with Gasteiger partial charge in [0.15, 0.2) is 0 Å². The van der Waals surface area contributed by atoms with Crippen molar-refractivity contribution in [1.82, 2.24) is 5.06 Å². The molecule has 7 heteroatoms. The van der Waals surface area contributed by atoms with Crippen molar-refractivity contribution in [3.8, 4) is 0 Å². The largest absolute Gasteiger partial charge is 0.365 e. The molecule has 1 heterocycles. The predicted molar refractivity (Wildman–Crippen MR) is 81.1 cm³/mol. The van der Waals surface area contributed by atoms with Gasteiger partial charge in [-0.15, -0.1) is 0 Å². The monoisotopic (exact) mass is 329 g/mol. The molecule has 0 saturated carbocycles. The number of hydrogen-bond acceptors (Lipinski definition) is 5. The van der Waals surface area contributed by atoms with Crippen LogP contribution >= 0.6 is 0 Å². The van der Waals surface area contributed by atoms with E-state index in [1.54, 1.807) is 24.3 Å². The molecule has 2 aromatic rings. The summed E-state index contributed by atoms with van der Waals surface area (Å²) in [5.74, 6) is -2.31. The Labute approximate surface area is 134 Å². The van der Waals surface area contributed by atoms with Gasteiger partial charge >= 0.3 is 5.97 Å². The van der Waals surface area contributed by atoms with Crippen LogP contribution in [0.2, 0.25) is 0 Å². The molecule has 2 amide bonds. The van der Waals surface area contributed by atoms with Gasteiger partial charge in [-0.05, 0) is 24.3 Å². The van der Waals surface area contributed by atoms with Gasteiger partial charge in [-0.3, -0.25) is 13.8 Å². The lowest BCUT2D eigenvalue weighted by Crippen LogP contribution is -2.33. The first-order valence-electron chi connectivity index (χ1n) is 6.63. The van der Waals surface area contributed by atoms with Gasteiger partial charge in [0.05, 0.1) is 32.4 Å². The van der Waals surface area contributed by atoms with E-state index in [4.69, 9.17) is 4.84 Å². The molecule has 23 heavy (non-hydrogen) atoms. The Morgan fingerprint density at radius 3 is 2.04 bits per heavy atom. The van der Waals surface area contributed by atoms with Crippen LogP contribution in [0.15, 0.2) is 53.4 Å². The van der Waals surface area contributed by atoms with Crippen LogP contribution in [0.5, 0.6) is 0 Å². The lowest BCUT2D eigenvalue weighted by atomic mass is 10.1. The van der Waals surface area contributed by atoms with E-state index < -0.39 is 28.6 Å². The molecule has 1 unspecified atom stereocenters. The molecule has 2 aromatic carbocycles. The Bertz CT molecular complexity index is 826. The van der Waals surface area contributed by atoms with Gasteiger partial charge in [0.2, 0.25) is 0 Å². The standard InChI is InChI=1S/C16H11NO5S/c1-23(21)13-9-5-4-8-12(13)16(20)22-17-14(18)10-6-2-3-7-11(10)15(17)19/h2-9H,1H3. The van der Waals surface area contributed by atoms with Crippen LogP contribution in [-0.2, 0) is 15.6 Å². The van der Waals surface area contributed by atoms with Gasteiger partial charge in [0.1, 0.15) is 0 Å². The van der Waals surface area contributed by atoms with E-state index in [2.05, 4.69) is 0 Å². The fourth-order valence-corrected chi connectivity index (χ4v) is 3.00. The van der Waals surface area contributed by atoms with Crippen LogP contribution in [0.4, 0.5) is 0 Å². The number of fused-ring (bicyclic) bond motifs is 1. The first kappa shape index (κ1) is 15.1. The molecule has 0 N–H and O–H groups in total. The van der Waals surface area contributed by atoms with E-state index >= 15 is 0 Å². The van der Waals surface area contributed by atoms with Crippen LogP contribution in [-0.4, -0.2) is 33.3 Å². The number of benzene rings is 2. The van der Waals surface area contributed by atoms with Gasteiger partial charge in [-0.1, -0.05) is 29.3 Å². The fourth-order valence-electron chi connectivity index (χ4n) is 2.27. The molecule has 3 rings (SSSR count).